The molecule has 6 nitrogen and oxygen atoms in total. The summed E-state index contributed by atoms with van der Waals surface area (Å²) in [4.78, 5) is 11.9. The second-order valence-corrected chi connectivity index (χ2v) is 13.7. The van der Waals surface area contributed by atoms with Gasteiger partial charge < -0.3 is 19.7 Å². The van der Waals surface area contributed by atoms with E-state index < -0.39 is 17.9 Å². The molecule has 1 aliphatic heterocycles. The normalized spacial score (nSPS) is 16.4. The van der Waals surface area contributed by atoms with Crippen LogP contribution in [0.3, 0.4) is 0 Å². The van der Waals surface area contributed by atoms with Gasteiger partial charge in [-0.2, -0.15) is 0 Å². The standard InChI is InChI=1S/C26H29N2O4PS2/c1-4-31-33(34,21-15-9-6-10-16-21)28(20-13-7-5-8-14-20)35-24(27-25(29)30)22-17-11-12-19-18-26(2,3)32-23(19)22/h5-17,24,27H,4,18H2,1-3H3,(H,29,30). The first-order chi connectivity index (χ1) is 16.7. The van der Waals surface area contributed by atoms with Gasteiger partial charge in [-0.1, -0.05) is 54.6 Å². The van der Waals surface area contributed by atoms with E-state index in [1.165, 1.54) is 11.9 Å². The number of carboxylic acid groups (broad SMARTS) is 1. The summed E-state index contributed by atoms with van der Waals surface area (Å²) in [6.07, 6.45) is -3.19. The Bertz CT molecular complexity index is 1220. The molecule has 1 amide bonds. The fourth-order valence-electron chi connectivity index (χ4n) is 4.07. The Labute approximate surface area is 215 Å². The molecule has 184 valence electrons. The quantitative estimate of drug-likeness (QED) is 0.187. The van der Waals surface area contributed by atoms with E-state index >= 15 is 0 Å². The van der Waals surface area contributed by atoms with Gasteiger partial charge in [-0.3, -0.25) is 4.08 Å². The molecule has 0 fully saturated rings. The van der Waals surface area contributed by atoms with E-state index in [2.05, 4.69) is 5.32 Å². The molecule has 0 saturated carbocycles. The zero-order valence-electron chi connectivity index (χ0n) is 19.9. The fourth-order valence-corrected chi connectivity index (χ4v) is 9.28. The summed E-state index contributed by atoms with van der Waals surface area (Å²) in [6.45, 7) is 6.41. The third kappa shape index (κ3) is 5.67. The maximum atomic E-state index is 11.9. The molecule has 4 rings (SSSR count). The highest BCUT2D eigenvalue weighted by atomic mass is 32.5. The van der Waals surface area contributed by atoms with Crippen LogP contribution in [0.4, 0.5) is 10.5 Å². The minimum absolute atomic E-state index is 0.361. The summed E-state index contributed by atoms with van der Waals surface area (Å²) in [6, 6.07) is 25.4. The van der Waals surface area contributed by atoms with Crippen molar-refractivity contribution in [1.29, 1.82) is 0 Å². The van der Waals surface area contributed by atoms with Gasteiger partial charge >= 0.3 is 6.09 Å². The lowest BCUT2D eigenvalue weighted by Gasteiger charge is -2.37. The summed E-state index contributed by atoms with van der Waals surface area (Å²) < 4.78 is 14.6. The number of ether oxygens (including phenoxy) is 1. The molecule has 1 aliphatic rings. The molecule has 0 aliphatic carbocycles. The van der Waals surface area contributed by atoms with Crippen LogP contribution in [0.2, 0.25) is 0 Å². The van der Waals surface area contributed by atoms with E-state index in [9.17, 15) is 9.90 Å². The molecule has 2 unspecified atom stereocenters. The van der Waals surface area contributed by atoms with Gasteiger partial charge in [0.05, 0.1) is 12.3 Å². The van der Waals surface area contributed by atoms with Crippen molar-refractivity contribution in [3.8, 4) is 5.75 Å². The number of rotatable bonds is 9. The van der Waals surface area contributed by atoms with Gasteiger partial charge in [0.1, 0.15) is 16.7 Å². The van der Waals surface area contributed by atoms with Crippen LogP contribution in [-0.4, -0.2) is 23.4 Å². The summed E-state index contributed by atoms with van der Waals surface area (Å²) in [5.41, 5.74) is 2.29. The average molecular weight is 529 g/mol. The van der Waals surface area contributed by atoms with Crippen molar-refractivity contribution >= 4 is 47.3 Å². The van der Waals surface area contributed by atoms with E-state index in [-0.39, 0.29) is 5.60 Å². The van der Waals surface area contributed by atoms with Crippen molar-refractivity contribution in [3.63, 3.8) is 0 Å². The predicted molar refractivity (Wildman–Crippen MR) is 147 cm³/mol. The largest absolute Gasteiger partial charge is 0.487 e. The van der Waals surface area contributed by atoms with Crippen molar-refractivity contribution in [2.45, 2.75) is 38.2 Å². The number of nitrogens with one attached hydrogen (secondary N) is 1. The maximum Gasteiger partial charge on any atom is 0.405 e. The molecule has 0 spiro atoms. The average Bonchev–Trinajstić information content (AvgIpc) is 3.16. The van der Waals surface area contributed by atoms with Crippen LogP contribution in [0.25, 0.3) is 0 Å². The first kappa shape index (κ1) is 25.6. The molecule has 2 N–H and O–H groups in total. The molecule has 2 atom stereocenters. The third-order valence-corrected chi connectivity index (χ3v) is 11.4. The van der Waals surface area contributed by atoms with Crippen molar-refractivity contribution in [2.24, 2.45) is 0 Å². The molecule has 0 bridgehead atoms. The van der Waals surface area contributed by atoms with Crippen LogP contribution in [0.5, 0.6) is 5.75 Å². The van der Waals surface area contributed by atoms with E-state index in [0.29, 0.717) is 6.61 Å². The number of anilines is 1. The number of para-hydroxylation sites is 2. The molecule has 0 saturated heterocycles. The minimum Gasteiger partial charge on any atom is -0.487 e. The van der Waals surface area contributed by atoms with Crippen molar-refractivity contribution in [1.82, 2.24) is 5.32 Å². The molecular weight excluding hydrogens is 499 g/mol. The predicted octanol–water partition coefficient (Wildman–Crippen LogP) is 6.49. The number of fused-ring (bicyclic) bond motifs is 1. The van der Waals surface area contributed by atoms with E-state index in [4.69, 9.17) is 21.1 Å². The number of nitrogens with zero attached hydrogens (tertiary/aromatic N) is 1. The summed E-state index contributed by atoms with van der Waals surface area (Å²) in [5, 5.41) is 12.7. The van der Waals surface area contributed by atoms with Gasteiger partial charge in [0.2, 0.25) is 0 Å². The highest BCUT2D eigenvalue weighted by Gasteiger charge is 2.37. The second-order valence-electron chi connectivity index (χ2n) is 8.69. The summed E-state index contributed by atoms with van der Waals surface area (Å²) >= 11 is 7.59. The van der Waals surface area contributed by atoms with Crippen LogP contribution in [0.1, 0.15) is 37.3 Å². The van der Waals surface area contributed by atoms with Crippen LogP contribution < -0.4 is 19.4 Å². The van der Waals surface area contributed by atoms with Gasteiger partial charge in [-0.25, -0.2) is 4.79 Å². The Hall–Kier alpha value is -2.51. The lowest BCUT2D eigenvalue weighted by molar-refractivity contribution is 0.137. The first-order valence-corrected chi connectivity index (χ1v) is 14.9. The molecule has 3 aromatic rings. The number of benzene rings is 3. The van der Waals surface area contributed by atoms with E-state index in [1.54, 1.807) is 0 Å². The Morgan fingerprint density at radius 3 is 2.43 bits per heavy atom. The van der Waals surface area contributed by atoms with Gasteiger partial charge in [0, 0.05) is 17.3 Å². The molecule has 0 aromatic heterocycles. The Morgan fingerprint density at radius 2 is 1.80 bits per heavy atom. The SMILES string of the molecule is CCOP(=S)(c1ccccc1)N(SC(NC(=O)O)c1cccc2c1OC(C)(C)C2)c1ccccc1. The Balaban J connectivity index is 1.83. The van der Waals surface area contributed by atoms with Crippen LogP contribution >= 0.6 is 18.4 Å². The molecule has 9 heteroatoms. The van der Waals surface area contributed by atoms with Gasteiger partial charge in [0.25, 0.3) is 0 Å². The summed E-state index contributed by atoms with van der Waals surface area (Å²) in [5.74, 6) is 0.723. The van der Waals surface area contributed by atoms with Crippen molar-refractivity contribution < 1.29 is 19.2 Å². The second kappa shape index (κ2) is 10.6. The highest BCUT2D eigenvalue weighted by molar-refractivity contribution is 8.24. The van der Waals surface area contributed by atoms with Crippen LogP contribution in [0, 0.1) is 0 Å². The van der Waals surface area contributed by atoms with Crippen LogP contribution in [0.15, 0.2) is 78.9 Å². The first-order valence-electron chi connectivity index (χ1n) is 11.4. The number of amides is 1. The lowest BCUT2D eigenvalue weighted by atomic mass is 10.0. The van der Waals surface area contributed by atoms with Gasteiger partial charge in [-0.15, -0.1) is 0 Å². The molecule has 3 aromatic carbocycles. The highest BCUT2D eigenvalue weighted by Crippen LogP contribution is 2.59. The Kier molecular flexibility index (Phi) is 7.77. The molecular formula is C26H29N2O4PS2. The topological polar surface area (TPSA) is 71.0 Å². The number of hydrogen-bond acceptors (Lipinski definition) is 5. The molecule has 35 heavy (non-hydrogen) atoms. The zero-order valence-corrected chi connectivity index (χ0v) is 22.4. The summed E-state index contributed by atoms with van der Waals surface area (Å²) in [7, 11) is 0. The molecule has 1 heterocycles. The third-order valence-electron chi connectivity index (χ3n) is 5.47. The maximum absolute atomic E-state index is 11.9. The Morgan fingerprint density at radius 1 is 1.14 bits per heavy atom. The smallest absolute Gasteiger partial charge is 0.405 e. The van der Waals surface area contributed by atoms with Gasteiger partial charge in [-0.05, 0) is 74.4 Å². The number of hydrogen-bond donors (Lipinski definition) is 2. The fraction of sp³-hybridized carbons (Fsp3) is 0.269. The van der Waals surface area contributed by atoms with Crippen LogP contribution in [-0.2, 0) is 22.8 Å². The van der Waals surface area contributed by atoms with E-state index in [1.807, 2.05) is 104 Å². The van der Waals surface area contributed by atoms with Crippen molar-refractivity contribution in [2.75, 3.05) is 10.7 Å². The minimum atomic E-state index is -2.81. The molecule has 0 radical (unpaired) electrons. The zero-order chi connectivity index (χ0) is 25.1. The van der Waals surface area contributed by atoms with Gasteiger partial charge in [0.15, 0.2) is 6.42 Å². The van der Waals surface area contributed by atoms with Crippen molar-refractivity contribution in [3.05, 3.63) is 90.0 Å². The van der Waals surface area contributed by atoms with E-state index in [0.717, 1.165) is 34.3 Å². The lowest BCUT2D eigenvalue weighted by Crippen LogP contribution is -2.30. The number of carbonyl (C=O) groups is 1. The monoisotopic (exact) mass is 528 g/mol.